The summed E-state index contributed by atoms with van der Waals surface area (Å²) in [5.41, 5.74) is 0. The van der Waals surface area contributed by atoms with Crippen molar-refractivity contribution >= 4 is 17.1 Å². The van der Waals surface area contributed by atoms with Crippen LogP contribution in [0.25, 0.3) is 0 Å². The first-order valence-electron chi connectivity index (χ1n) is 3.97. The molecule has 0 radical (unpaired) electrons. The molecule has 1 unspecified atom stereocenters. The minimum absolute atomic E-state index is 0.0834. The van der Waals surface area contributed by atoms with Crippen molar-refractivity contribution in [1.82, 2.24) is 0 Å². The van der Waals surface area contributed by atoms with Gasteiger partial charge in [0, 0.05) is 11.3 Å². The fourth-order valence-electron chi connectivity index (χ4n) is 0.930. The van der Waals surface area contributed by atoms with Gasteiger partial charge >= 0.3 is 0 Å². The molecule has 0 bridgehead atoms. The summed E-state index contributed by atoms with van der Waals surface area (Å²) in [6.07, 6.45) is 0.0868. The van der Waals surface area contributed by atoms with E-state index in [9.17, 15) is 9.90 Å². The molecular weight excluding hydrogens is 172 g/mol. The van der Waals surface area contributed by atoms with E-state index in [1.807, 2.05) is 17.5 Å². The van der Waals surface area contributed by atoms with Crippen molar-refractivity contribution in [3.8, 4) is 0 Å². The Bertz CT molecular complexity index is 241. The number of hydrogen-bond acceptors (Lipinski definition) is 3. The van der Waals surface area contributed by atoms with E-state index in [2.05, 4.69) is 0 Å². The smallest absolute Gasteiger partial charge is 0.166 e. The lowest BCUT2D eigenvalue weighted by molar-refractivity contribution is -0.126. The third-order valence-electron chi connectivity index (χ3n) is 1.69. The van der Waals surface area contributed by atoms with Crippen LogP contribution in [0.4, 0.5) is 0 Å². The van der Waals surface area contributed by atoms with Gasteiger partial charge in [-0.2, -0.15) is 0 Å². The van der Waals surface area contributed by atoms with Crippen molar-refractivity contribution in [1.29, 1.82) is 0 Å². The van der Waals surface area contributed by atoms with E-state index in [-0.39, 0.29) is 5.78 Å². The molecule has 0 amide bonds. The van der Waals surface area contributed by atoms with Gasteiger partial charge in [-0.1, -0.05) is 13.0 Å². The first-order valence-corrected chi connectivity index (χ1v) is 4.85. The topological polar surface area (TPSA) is 37.3 Å². The molecule has 0 aliphatic rings. The second kappa shape index (κ2) is 4.38. The van der Waals surface area contributed by atoms with Crippen LogP contribution in [-0.4, -0.2) is 17.0 Å². The van der Waals surface area contributed by atoms with Gasteiger partial charge in [-0.15, -0.1) is 11.3 Å². The van der Waals surface area contributed by atoms with E-state index < -0.39 is 6.10 Å². The largest absolute Gasteiger partial charge is 0.385 e. The lowest BCUT2D eigenvalue weighted by Gasteiger charge is -2.03. The van der Waals surface area contributed by atoms with Crippen LogP contribution < -0.4 is 0 Å². The average molecular weight is 184 g/mol. The first-order chi connectivity index (χ1) is 5.74. The Hall–Kier alpha value is -0.670. The predicted molar refractivity (Wildman–Crippen MR) is 49.3 cm³/mol. The standard InChI is InChI=1S/C9H12O2S/c1-2-8(10)9(11)6-7-4-3-5-12-7/h3-5,8,10H,2,6H2,1H3. The highest BCUT2D eigenvalue weighted by atomic mass is 32.1. The maximum Gasteiger partial charge on any atom is 0.166 e. The maximum atomic E-state index is 11.2. The van der Waals surface area contributed by atoms with E-state index >= 15 is 0 Å². The second-order valence-corrected chi connectivity index (χ2v) is 3.68. The Morgan fingerprint density at radius 3 is 3.00 bits per heavy atom. The van der Waals surface area contributed by atoms with E-state index in [1.54, 1.807) is 18.3 Å². The maximum absolute atomic E-state index is 11.2. The molecule has 12 heavy (non-hydrogen) atoms. The van der Waals surface area contributed by atoms with Crippen LogP contribution in [0.1, 0.15) is 18.2 Å². The Balaban J connectivity index is 2.47. The molecule has 2 nitrogen and oxygen atoms in total. The van der Waals surface area contributed by atoms with Crippen LogP contribution in [0.15, 0.2) is 17.5 Å². The highest BCUT2D eigenvalue weighted by Crippen LogP contribution is 2.10. The first kappa shape index (κ1) is 9.42. The molecule has 66 valence electrons. The Morgan fingerprint density at radius 2 is 2.50 bits per heavy atom. The third kappa shape index (κ3) is 2.43. The number of hydrogen-bond donors (Lipinski definition) is 1. The fourth-order valence-corrected chi connectivity index (χ4v) is 1.65. The van der Waals surface area contributed by atoms with Crippen LogP contribution in [0, 0.1) is 0 Å². The normalized spacial score (nSPS) is 12.8. The fraction of sp³-hybridized carbons (Fsp3) is 0.444. The summed E-state index contributed by atoms with van der Waals surface area (Å²) < 4.78 is 0. The zero-order valence-corrected chi connectivity index (χ0v) is 7.80. The zero-order valence-electron chi connectivity index (χ0n) is 6.99. The molecule has 1 aromatic rings. The molecule has 0 spiro atoms. The number of rotatable bonds is 4. The molecule has 1 rings (SSSR count). The van der Waals surface area contributed by atoms with Gasteiger partial charge < -0.3 is 5.11 Å². The van der Waals surface area contributed by atoms with Gasteiger partial charge in [-0.25, -0.2) is 0 Å². The van der Waals surface area contributed by atoms with Crippen LogP contribution >= 0.6 is 11.3 Å². The molecule has 1 heterocycles. The SMILES string of the molecule is CCC(O)C(=O)Cc1cccs1. The van der Waals surface area contributed by atoms with Gasteiger partial charge in [-0.05, 0) is 17.9 Å². The molecule has 0 aromatic carbocycles. The second-order valence-electron chi connectivity index (χ2n) is 2.65. The molecule has 1 N–H and O–H groups in total. The lowest BCUT2D eigenvalue weighted by atomic mass is 10.1. The van der Waals surface area contributed by atoms with Gasteiger partial charge in [0.1, 0.15) is 6.10 Å². The number of aliphatic hydroxyl groups is 1. The molecular formula is C9H12O2S. The van der Waals surface area contributed by atoms with Crippen molar-refractivity contribution in [2.45, 2.75) is 25.9 Å². The zero-order chi connectivity index (χ0) is 8.97. The molecule has 0 aliphatic carbocycles. The summed E-state index contributed by atoms with van der Waals surface area (Å²) in [5, 5.41) is 11.1. The Labute approximate surface area is 75.9 Å². The van der Waals surface area contributed by atoms with Crippen LogP contribution in [0.3, 0.4) is 0 Å². The van der Waals surface area contributed by atoms with Crippen LogP contribution in [0.5, 0.6) is 0 Å². The quantitative estimate of drug-likeness (QED) is 0.772. The summed E-state index contributed by atoms with van der Waals surface area (Å²) >= 11 is 1.55. The Kier molecular flexibility index (Phi) is 3.44. The molecule has 3 heteroatoms. The molecule has 0 fully saturated rings. The highest BCUT2D eigenvalue weighted by molar-refractivity contribution is 7.10. The summed E-state index contributed by atoms with van der Waals surface area (Å²) in [4.78, 5) is 12.2. The number of Topliss-reactive ketones (excluding diaryl/α,β-unsaturated/α-hetero) is 1. The Morgan fingerprint density at radius 1 is 1.75 bits per heavy atom. The number of carbonyl (C=O) groups is 1. The van der Waals surface area contributed by atoms with Gasteiger partial charge in [0.15, 0.2) is 5.78 Å². The predicted octanol–water partition coefficient (Wildman–Crippen LogP) is 1.63. The van der Waals surface area contributed by atoms with Gasteiger partial charge in [0.05, 0.1) is 0 Å². The van der Waals surface area contributed by atoms with E-state index in [0.29, 0.717) is 12.8 Å². The molecule has 1 atom stereocenters. The third-order valence-corrected chi connectivity index (χ3v) is 2.56. The molecule has 0 aliphatic heterocycles. The van der Waals surface area contributed by atoms with Crippen molar-refractivity contribution in [3.63, 3.8) is 0 Å². The minimum atomic E-state index is -0.785. The van der Waals surface area contributed by atoms with E-state index in [4.69, 9.17) is 0 Å². The average Bonchev–Trinajstić information content (AvgIpc) is 2.55. The van der Waals surface area contributed by atoms with Crippen molar-refractivity contribution < 1.29 is 9.90 Å². The van der Waals surface area contributed by atoms with Crippen LogP contribution in [0.2, 0.25) is 0 Å². The minimum Gasteiger partial charge on any atom is -0.385 e. The summed E-state index contributed by atoms with van der Waals surface area (Å²) in [7, 11) is 0. The summed E-state index contributed by atoms with van der Waals surface area (Å²) in [6, 6.07) is 3.82. The van der Waals surface area contributed by atoms with Crippen LogP contribution in [-0.2, 0) is 11.2 Å². The number of carbonyl (C=O) groups excluding carboxylic acids is 1. The van der Waals surface area contributed by atoms with E-state index in [0.717, 1.165) is 4.88 Å². The summed E-state index contributed by atoms with van der Waals surface area (Å²) in [5.74, 6) is -0.0834. The molecule has 0 saturated heterocycles. The lowest BCUT2D eigenvalue weighted by Crippen LogP contribution is -2.20. The molecule has 0 saturated carbocycles. The van der Waals surface area contributed by atoms with Gasteiger partial charge in [0.25, 0.3) is 0 Å². The van der Waals surface area contributed by atoms with E-state index in [1.165, 1.54) is 0 Å². The van der Waals surface area contributed by atoms with Gasteiger partial charge in [0.2, 0.25) is 0 Å². The highest BCUT2D eigenvalue weighted by Gasteiger charge is 2.12. The number of aliphatic hydroxyl groups excluding tert-OH is 1. The monoisotopic (exact) mass is 184 g/mol. The number of ketones is 1. The number of thiophene rings is 1. The summed E-state index contributed by atoms with van der Waals surface area (Å²) in [6.45, 7) is 1.80. The van der Waals surface area contributed by atoms with Crippen molar-refractivity contribution in [3.05, 3.63) is 22.4 Å². The molecule has 1 aromatic heterocycles. The van der Waals surface area contributed by atoms with Gasteiger partial charge in [-0.3, -0.25) is 4.79 Å². The van der Waals surface area contributed by atoms with Crippen molar-refractivity contribution in [2.75, 3.05) is 0 Å². The van der Waals surface area contributed by atoms with Crippen molar-refractivity contribution in [2.24, 2.45) is 0 Å².